The summed E-state index contributed by atoms with van der Waals surface area (Å²) in [4.78, 5) is 37.8. The van der Waals surface area contributed by atoms with Crippen LogP contribution < -0.4 is 21.1 Å². The van der Waals surface area contributed by atoms with E-state index in [1.165, 1.54) is 0 Å². The van der Waals surface area contributed by atoms with Crippen molar-refractivity contribution in [2.75, 3.05) is 37.5 Å². The zero-order valence-corrected chi connectivity index (χ0v) is 25.0. The molecular formula is C29H41ClFN7O3. The van der Waals surface area contributed by atoms with Gasteiger partial charge in [0.05, 0.1) is 11.5 Å². The number of hydrogen-bond acceptors (Lipinski definition) is 8. The number of nitrogens with one attached hydrogen (secondary N) is 3. The highest BCUT2D eigenvalue weighted by Gasteiger charge is 2.44. The lowest BCUT2D eigenvalue weighted by atomic mass is 9.92. The summed E-state index contributed by atoms with van der Waals surface area (Å²) in [6, 6.07) is 9.55. The summed E-state index contributed by atoms with van der Waals surface area (Å²) in [5.41, 5.74) is 5.68. The highest BCUT2D eigenvalue weighted by molar-refractivity contribution is 6.28. The Kier molecular flexibility index (Phi) is 10.2. The fourth-order valence-corrected chi connectivity index (χ4v) is 6.31. The Morgan fingerprint density at radius 2 is 1.88 bits per heavy atom. The van der Waals surface area contributed by atoms with Gasteiger partial charge in [-0.2, -0.15) is 14.4 Å². The third kappa shape index (κ3) is 7.77. The van der Waals surface area contributed by atoms with Crippen LogP contribution in [0.25, 0.3) is 0 Å². The Hall–Kier alpha value is -3.18. The smallest absolute Gasteiger partial charge is 0.407 e. The Balaban J connectivity index is 1.40. The van der Waals surface area contributed by atoms with E-state index in [2.05, 4.69) is 31.0 Å². The molecule has 2 heterocycles. The molecule has 0 bridgehead atoms. The highest BCUT2D eigenvalue weighted by atomic mass is 35.5. The first-order valence-electron chi connectivity index (χ1n) is 14.2. The fraction of sp³-hybridized carbons (Fsp3) is 0.586. The minimum absolute atomic E-state index is 0.0847. The number of aromatic nitrogens is 2. The van der Waals surface area contributed by atoms with Gasteiger partial charge in [-0.15, -0.1) is 0 Å². The molecule has 1 aliphatic carbocycles. The van der Waals surface area contributed by atoms with Crippen molar-refractivity contribution in [3.05, 3.63) is 47.0 Å². The molecule has 0 radical (unpaired) electrons. The number of anilines is 2. The van der Waals surface area contributed by atoms with Crippen LogP contribution in [-0.4, -0.2) is 65.6 Å². The van der Waals surface area contributed by atoms with Crippen molar-refractivity contribution in [1.29, 1.82) is 0 Å². The number of hydrogen-bond donors (Lipinski definition) is 3. The van der Waals surface area contributed by atoms with E-state index in [0.717, 1.165) is 37.7 Å². The van der Waals surface area contributed by atoms with Crippen molar-refractivity contribution in [3.63, 3.8) is 0 Å². The summed E-state index contributed by atoms with van der Waals surface area (Å²) in [7, 11) is 4.00. The van der Waals surface area contributed by atoms with E-state index in [0.29, 0.717) is 18.9 Å². The van der Waals surface area contributed by atoms with E-state index in [4.69, 9.17) is 16.3 Å². The molecule has 10 nitrogen and oxygen atoms in total. The van der Waals surface area contributed by atoms with Crippen LogP contribution in [-0.2, 0) is 16.1 Å². The Bertz CT molecular complexity index is 1190. The molecule has 3 N–H and O–H groups in total. The first kappa shape index (κ1) is 30.8. The number of alkyl carbamates (subject to hydrolysis) is 1. The molecule has 1 aromatic heterocycles. The molecule has 2 fully saturated rings. The van der Waals surface area contributed by atoms with Crippen molar-refractivity contribution < 1.29 is 18.7 Å². The van der Waals surface area contributed by atoms with E-state index < -0.39 is 23.4 Å². The maximum absolute atomic E-state index is 15.7. The predicted octanol–water partition coefficient (Wildman–Crippen LogP) is 4.75. The average Bonchev–Trinajstić information content (AvgIpc) is 3.57. The molecule has 41 heavy (non-hydrogen) atoms. The molecule has 12 heteroatoms. The largest absolute Gasteiger partial charge is 0.445 e. The van der Waals surface area contributed by atoms with Crippen LogP contribution in [0.1, 0.15) is 57.9 Å². The van der Waals surface area contributed by atoms with E-state index in [-0.39, 0.29) is 42.0 Å². The van der Waals surface area contributed by atoms with Gasteiger partial charge in [-0.25, -0.2) is 4.79 Å². The van der Waals surface area contributed by atoms with Gasteiger partial charge >= 0.3 is 6.09 Å². The predicted molar refractivity (Wildman–Crippen MR) is 157 cm³/mol. The summed E-state index contributed by atoms with van der Waals surface area (Å²) >= 11 is 6.20. The molecule has 1 unspecified atom stereocenters. The quantitative estimate of drug-likeness (QED) is 0.254. The van der Waals surface area contributed by atoms with Gasteiger partial charge in [-0.1, -0.05) is 56.0 Å². The van der Waals surface area contributed by atoms with Crippen molar-refractivity contribution >= 4 is 35.2 Å². The van der Waals surface area contributed by atoms with Gasteiger partial charge in [0.15, 0.2) is 11.6 Å². The van der Waals surface area contributed by atoms with Crippen LogP contribution >= 0.6 is 11.6 Å². The van der Waals surface area contributed by atoms with Crippen molar-refractivity contribution in [2.45, 2.75) is 70.6 Å². The van der Waals surface area contributed by atoms with Crippen LogP contribution in [0.2, 0.25) is 5.28 Å². The van der Waals surface area contributed by atoms with Gasteiger partial charge in [-0.05, 0) is 63.9 Å². The highest BCUT2D eigenvalue weighted by Crippen LogP contribution is 2.38. The number of rotatable bonds is 11. The number of hydrazine groups is 1. The number of halogens is 2. The lowest BCUT2D eigenvalue weighted by Gasteiger charge is -2.39. The molecular weight excluding hydrogens is 549 g/mol. The lowest BCUT2D eigenvalue weighted by Crippen LogP contribution is -2.51. The first-order chi connectivity index (χ1) is 19.6. The molecule has 2 aromatic rings. The molecule has 224 valence electrons. The molecule has 1 saturated carbocycles. The molecule has 4 rings (SSSR count). The van der Waals surface area contributed by atoms with E-state index >= 15 is 4.39 Å². The topological polar surface area (TPSA) is 112 Å². The number of amides is 2. The Labute approximate surface area is 246 Å². The second kappa shape index (κ2) is 13.7. The third-order valence-electron chi connectivity index (χ3n) is 8.30. The van der Waals surface area contributed by atoms with E-state index in [1.807, 2.05) is 63.2 Å². The number of likely N-dealkylation sites (N-methyl/N-ethyl adjacent to an activating group) is 1. The lowest BCUT2D eigenvalue weighted by molar-refractivity contribution is -0.124. The second-order valence-electron chi connectivity index (χ2n) is 11.7. The minimum atomic E-state index is -0.697. The number of nitrogens with zero attached hydrogens (tertiary/aromatic N) is 4. The summed E-state index contributed by atoms with van der Waals surface area (Å²) in [5, 5.41) is 2.58. The zero-order chi connectivity index (χ0) is 29.6. The SMILES string of the molecule is CN(C)C1CCN(c2nc(Cl)nc(NNC(=O)[C@@H](CNC(=O)OCc3ccccc3)CC3CCCC3)c2F)C1(C)C. The summed E-state index contributed by atoms with van der Waals surface area (Å²) in [5.74, 6) is -1.38. The van der Waals surface area contributed by atoms with Gasteiger partial charge < -0.3 is 19.9 Å². The minimum Gasteiger partial charge on any atom is -0.445 e. The monoisotopic (exact) mass is 589 g/mol. The standard InChI is InChI=1S/C29H41ClFN7O3/c1-29(2)22(37(3)4)14-15-38(29)25-23(31)24(33-27(30)34-25)35-36-26(39)21(16-19-10-8-9-11-19)17-32-28(40)41-18-20-12-6-5-7-13-20/h5-7,12-13,19,21-22H,8-11,14-18H2,1-4H3,(H,32,40)(H,36,39)(H,33,34,35)/t21-,22?/m1/s1. The summed E-state index contributed by atoms with van der Waals surface area (Å²) in [6.07, 6.45) is 5.15. The van der Waals surface area contributed by atoms with Crippen LogP contribution in [0, 0.1) is 17.7 Å². The Morgan fingerprint density at radius 1 is 1.17 bits per heavy atom. The molecule has 1 saturated heterocycles. The maximum atomic E-state index is 15.7. The van der Waals surface area contributed by atoms with Crippen LogP contribution in [0.3, 0.4) is 0 Å². The molecule has 1 aliphatic heterocycles. The van der Waals surface area contributed by atoms with Gasteiger partial charge in [0.1, 0.15) is 6.61 Å². The number of carbonyl (C=O) groups excluding carboxylic acids is 2. The number of benzene rings is 1. The average molecular weight is 590 g/mol. The second-order valence-corrected chi connectivity index (χ2v) is 12.0. The van der Waals surface area contributed by atoms with Crippen LogP contribution in [0.4, 0.5) is 20.8 Å². The molecule has 2 aliphatic rings. The number of carbonyl (C=O) groups is 2. The zero-order valence-electron chi connectivity index (χ0n) is 24.3. The van der Waals surface area contributed by atoms with Gasteiger partial charge in [0.25, 0.3) is 0 Å². The summed E-state index contributed by atoms with van der Waals surface area (Å²) < 4.78 is 21.0. The van der Waals surface area contributed by atoms with Gasteiger partial charge in [0, 0.05) is 19.1 Å². The molecule has 1 aromatic carbocycles. The molecule has 2 atom stereocenters. The van der Waals surface area contributed by atoms with Gasteiger partial charge in [-0.3, -0.25) is 15.6 Å². The Morgan fingerprint density at radius 3 is 2.54 bits per heavy atom. The van der Waals surface area contributed by atoms with Crippen LogP contribution in [0.5, 0.6) is 0 Å². The summed E-state index contributed by atoms with van der Waals surface area (Å²) in [6.45, 7) is 4.90. The van der Waals surface area contributed by atoms with Crippen molar-refractivity contribution in [3.8, 4) is 0 Å². The fourth-order valence-electron chi connectivity index (χ4n) is 6.15. The van der Waals surface area contributed by atoms with Gasteiger partial charge in [0.2, 0.25) is 17.0 Å². The number of ether oxygens (including phenoxy) is 1. The van der Waals surface area contributed by atoms with Crippen molar-refractivity contribution in [2.24, 2.45) is 11.8 Å². The first-order valence-corrected chi connectivity index (χ1v) is 14.6. The van der Waals surface area contributed by atoms with E-state index in [1.54, 1.807) is 0 Å². The van der Waals surface area contributed by atoms with Crippen molar-refractivity contribution in [1.82, 2.24) is 25.6 Å². The van der Waals surface area contributed by atoms with E-state index in [9.17, 15) is 9.59 Å². The van der Waals surface area contributed by atoms with Crippen LogP contribution in [0.15, 0.2) is 30.3 Å². The molecule has 0 spiro atoms. The molecule has 2 amide bonds. The maximum Gasteiger partial charge on any atom is 0.407 e. The third-order valence-corrected chi connectivity index (χ3v) is 8.46. The normalized spacial score (nSPS) is 19.3.